The molecular weight excluding hydrogens is 528 g/mol. The van der Waals surface area contributed by atoms with E-state index in [-0.39, 0.29) is 0 Å². The molecule has 0 fully saturated rings. The summed E-state index contributed by atoms with van der Waals surface area (Å²) in [6, 6.07) is 12.8. The molecule has 0 aliphatic carbocycles. The van der Waals surface area contributed by atoms with Crippen LogP contribution in [0.1, 0.15) is 13.8 Å². The Kier molecular flexibility index (Phi) is 8.82. The van der Waals surface area contributed by atoms with Gasteiger partial charge >= 0.3 is 10.2 Å². The molecule has 4 rings (SSSR count). The van der Waals surface area contributed by atoms with E-state index >= 15 is 0 Å². The van der Waals surface area contributed by atoms with Gasteiger partial charge < -0.3 is 25.6 Å². The van der Waals surface area contributed by atoms with Gasteiger partial charge in [0.25, 0.3) is 0 Å². The molecule has 0 saturated heterocycles. The lowest BCUT2D eigenvalue weighted by molar-refractivity contribution is 0.311. The zero-order chi connectivity index (χ0) is 29.0. The van der Waals surface area contributed by atoms with Gasteiger partial charge in [-0.25, -0.2) is 13.9 Å². The molecule has 2 heterocycles. The lowest BCUT2D eigenvalue weighted by Gasteiger charge is -2.26. The summed E-state index contributed by atoms with van der Waals surface area (Å²) >= 11 is 0. The molecule has 214 valence electrons. The molecule has 0 aliphatic heterocycles. The number of nitrogens with two attached hydrogens (primary N) is 1. The first-order chi connectivity index (χ1) is 19.1. The average Bonchev–Trinajstić information content (AvgIpc) is 3.34. The van der Waals surface area contributed by atoms with Crippen LogP contribution in [-0.2, 0) is 10.2 Å². The smallest absolute Gasteiger partial charge is 0.307 e. The number of aromatic nitrogens is 3. The number of anilines is 4. The molecule has 2 aromatic heterocycles. The monoisotopic (exact) mass is 566 g/mol. The maximum atomic E-state index is 13.0. The van der Waals surface area contributed by atoms with Crippen LogP contribution in [0.5, 0.6) is 5.75 Å². The average molecular weight is 567 g/mol. The van der Waals surface area contributed by atoms with Gasteiger partial charge in [0.1, 0.15) is 5.75 Å². The fourth-order valence-electron chi connectivity index (χ4n) is 4.54. The number of ether oxygens (including phenoxy) is 1. The van der Waals surface area contributed by atoms with E-state index in [1.54, 1.807) is 31.6 Å². The Labute approximate surface area is 236 Å². The van der Waals surface area contributed by atoms with Crippen LogP contribution >= 0.6 is 0 Å². The number of para-hydroxylation sites is 1. The number of hydrogen-bond acceptors (Lipinski definition) is 9. The lowest BCUT2D eigenvalue weighted by Crippen LogP contribution is -2.33. The number of nitrogens with zero attached hydrogens (tertiary/aromatic N) is 6. The Morgan fingerprint density at radius 2 is 1.77 bits per heavy atom. The van der Waals surface area contributed by atoms with E-state index in [0.717, 1.165) is 37.3 Å². The topological polar surface area (TPSA) is 122 Å². The molecule has 3 N–H and O–H groups in total. The minimum Gasteiger partial charge on any atom is -0.494 e. The molecule has 0 saturated carbocycles. The molecule has 0 spiro atoms. The van der Waals surface area contributed by atoms with Crippen molar-refractivity contribution in [2.75, 3.05) is 70.4 Å². The first-order valence-electron chi connectivity index (χ1n) is 13.1. The summed E-state index contributed by atoms with van der Waals surface area (Å²) in [6.45, 7) is 8.06. The van der Waals surface area contributed by atoms with E-state index in [1.165, 1.54) is 22.4 Å². The number of likely N-dealkylation sites (N-methyl/N-ethyl adjacent to an activating group) is 2. The van der Waals surface area contributed by atoms with Crippen LogP contribution in [0.3, 0.4) is 0 Å². The third kappa shape index (κ3) is 5.83. The summed E-state index contributed by atoms with van der Waals surface area (Å²) in [5.41, 5.74) is 10.4. The molecule has 0 amide bonds. The van der Waals surface area contributed by atoms with Crippen molar-refractivity contribution in [3.05, 3.63) is 54.9 Å². The molecule has 0 aliphatic rings. The van der Waals surface area contributed by atoms with Gasteiger partial charge in [-0.3, -0.25) is 0 Å². The van der Waals surface area contributed by atoms with Crippen LogP contribution in [0.2, 0.25) is 0 Å². The molecule has 2 aromatic carbocycles. The van der Waals surface area contributed by atoms with Gasteiger partial charge in [0.2, 0.25) is 5.95 Å². The number of methoxy groups -OCH3 is 1. The van der Waals surface area contributed by atoms with E-state index < -0.39 is 10.2 Å². The molecule has 12 heteroatoms. The van der Waals surface area contributed by atoms with Crippen LogP contribution < -0.4 is 20.7 Å². The minimum absolute atomic E-state index is 0.324. The maximum absolute atomic E-state index is 13.0. The standard InChI is InChI=1S/C28H38N8O3S/c1-7-35(8-2)16-15-34(5)26-18-27(39-6)24(17-22(26)29)32-28-30-14-13-23(31-28)21-19-36(40(37,38)33(3)4)25-12-10-9-11-20(21)25/h9-14,17-19H,7-8,15-16,29H2,1-6H3,(H,30,31,32). The second kappa shape index (κ2) is 12.1. The van der Waals surface area contributed by atoms with Crippen molar-refractivity contribution in [3.8, 4) is 17.0 Å². The minimum atomic E-state index is -3.73. The Morgan fingerprint density at radius 3 is 2.45 bits per heavy atom. The van der Waals surface area contributed by atoms with Gasteiger partial charge in [-0.05, 0) is 31.3 Å². The van der Waals surface area contributed by atoms with Gasteiger partial charge in [0.05, 0.1) is 35.4 Å². The fourth-order valence-corrected chi connectivity index (χ4v) is 5.54. The van der Waals surface area contributed by atoms with Crippen LogP contribution in [0, 0.1) is 0 Å². The molecule has 11 nitrogen and oxygen atoms in total. The van der Waals surface area contributed by atoms with Gasteiger partial charge in [-0.15, -0.1) is 0 Å². The first-order valence-corrected chi connectivity index (χ1v) is 14.5. The second-order valence-electron chi connectivity index (χ2n) is 9.60. The number of fused-ring (bicyclic) bond motifs is 1. The Bertz CT molecular complexity index is 1580. The van der Waals surface area contributed by atoms with E-state index in [0.29, 0.717) is 39.8 Å². The van der Waals surface area contributed by atoms with Crippen molar-refractivity contribution in [3.63, 3.8) is 0 Å². The third-order valence-corrected chi connectivity index (χ3v) is 8.69. The summed E-state index contributed by atoms with van der Waals surface area (Å²) < 4.78 is 34.1. The zero-order valence-corrected chi connectivity index (χ0v) is 24.7. The highest BCUT2D eigenvalue weighted by atomic mass is 32.2. The van der Waals surface area contributed by atoms with Crippen LogP contribution in [0.15, 0.2) is 54.9 Å². The molecule has 4 aromatic rings. The highest BCUT2D eigenvalue weighted by Crippen LogP contribution is 2.37. The first kappa shape index (κ1) is 29.1. The van der Waals surface area contributed by atoms with Crippen molar-refractivity contribution < 1.29 is 13.2 Å². The largest absolute Gasteiger partial charge is 0.494 e. The van der Waals surface area contributed by atoms with Gasteiger partial charge in [0.15, 0.2) is 0 Å². The highest BCUT2D eigenvalue weighted by Gasteiger charge is 2.22. The summed E-state index contributed by atoms with van der Waals surface area (Å²) in [7, 11) is 2.89. The maximum Gasteiger partial charge on any atom is 0.307 e. The van der Waals surface area contributed by atoms with E-state index in [4.69, 9.17) is 15.5 Å². The van der Waals surface area contributed by atoms with E-state index in [2.05, 4.69) is 33.9 Å². The number of hydrogen-bond donors (Lipinski definition) is 2. The van der Waals surface area contributed by atoms with Crippen molar-refractivity contribution in [1.29, 1.82) is 0 Å². The quantitative estimate of drug-likeness (QED) is 0.246. The van der Waals surface area contributed by atoms with Crippen LogP contribution in [0.4, 0.5) is 23.0 Å². The van der Waals surface area contributed by atoms with Crippen molar-refractivity contribution in [2.24, 2.45) is 0 Å². The van der Waals surface area contributed by atoms with Crippen molar-refractivity contribution >= 4 is 44.1 Å². The number of nitrogens with one attached hydrogen (secondary N) is 1. The van der Waals surface area contributed by atoms with Gasteiger partial charge in [0, 0.05) is 63.6 Å². The lowest BCUT2D eigenvalue weighted by atomic mass is 10.1. The predicted molar refractivity (Wildman–Crippen MR) is 163 cm³/mol. The number of benzene rings is 2. The van der Waals surface area contributed by atoms with Crippen LogP contribution in [-0.4, -0.2) is 86.0 Å². The van der Waals surface area contributed by atoms with E-state index in [1.807, 2.05) is 37.4 Å². The molecular formula is C28H38N8O3S. The van der Waals surface area contributed by atoms with Gasteiger partial charge in [-0.1, -0.05) is 32.0 Å². The Balaban J connectivity index is 1.66. The number of nitrogen functional groups attached to an aromatic ring is 1. The zero-order valence-electron chi connectivity index (χ0n) is 23.9. The molecule has 0 bridgehead atoms. The fraction of sp³-hybridized carbons (Fsp3) is 0.357. The summed E-state index contributed by atoms with van der Waals surface area (Å²) in [5, 5.41) is 3.99. The highest BCUT2D eigenvalue weighted by molar-refractivity contribution is 7.87. The Hall–Kier alpha value is -3.87. The normalized spacial score (nSPS) is 11.9. The van der Waals surface area contributed by atoms with Gasteiger partial charge in [-0.2, -0.15) is 12.7 Å². The Morgan fingerprint density at radius 1 is 1.05 bits per heavy atom. The molecule has 40 heavy (non-hydrogen) atoms. The van der Waals surface area contributed by atoms with Crippen molar-refractivity contribution in [1.82, 2.24) is 23.1 Å². The molecule has 0 unspecified atom stereocenters. The number of rotatable bonds is 12. The SMILES string of the molecule is CCN(CC)CCN(C)c1cc(OC)c(Nc2nccc(-c3cn(S(=O)(=O)N(C)C)c4ccccc34)n2)cc1N. The summed E-state index contributed by atoms with van der Waals surface area (Å²) in [5.74, 6) is 0.923. The third-order valence-electron chi connectivity index (χ3n) is 6.97. The van der Waals surface area contributed by atoms with Crippen molar-refractivity contribution in [2.45, 2.75) is 13.8 Å². The predicted octanol–water partition coefficient (Wildman–Crippen LogP) is 3.87. The summed E-state index contributed by atoms with van der Waals surface area (Å²) in [4.78, 5) is 13.6. The summed E-state index contributed by atoms with van der Waals surface area (Å²) in [6.07, 6.45) is 3.22. The van der Waals surface area contributed by atoms with Crippen LogP contribution in [0.25, 0.3) is 22.2 Å². The molecule has 0 radical (unpaired) electrons. The molecule has 0 atom stereocenters. The van der Waals surface area contributed by atoms with E-state index in [9.17, 15) is 8.42 Å². The second-order valence-corrected chi connectivity index (χ2v) is 11.6.